The van der Waals surface area contributed by atoms with Crippen molar-refractivity contribution in [2.75, 3.05) is 27.2 Å². The fourth-order valence-corrected chi connectivity index (χ4v) is 2.63. The lowest BCUT2D eigenvalue weighted by Gasteiger charge is -2.23. The zero-order valence-corrected chi connectivity index (χ0v) is 13.0. The van der Waals surface area contributed by atoms with Gasteiger partial charge in [-0.15, -0.1) is 0 Å². The highest BCUT2D eigenvalue weighted by atomic mass is 16.3. The molecule has 1 aromatic heterocycles. The number of rotatable bonds is 5. The maximum Gasteiger partial charge on any atom is 0.248 e. The molecule has 1 aromatic rings. The number of amides is 2. The maximum atomic E-state index is 11.8. The Kier molecular flexibility index (Phi) is 5.43. The number of aromatic nitrogens is 2. The molecule has 1 fully saturated rings. The van der Waals surface area contributed by atoms with E-state index in [2.05, 4.69) is 9.97 Å². The van der Waals surface area contributed by atoms with E-state index in [-0.39, 0.29) is 17.9 Å². The molecule has 7 heteroatoms. The summed E-state index contributed by atoms with van der Waals surface area (Å²) in [5.74, 6) is -0.234. The minimum Gasteiger partial charge on any atom is -0.387 e. The second-order valence-corrected chi connectivity index (χ2v) is 5.63. The normalized spacial score (nSPS) is 17.6. The summed E-state index contributed by atoms with van der Waals surface area (Å²) < 4.78 is 0. The van der Waals surface area contributed by atoms with Crippen molar-refractivity contribution in [3.63, 3.8) is 0 Å². The van der Waals surface area contributed by atoms with E-state index in [0.717, 1.165) is 24.2 Å². The van der Waals surface area contributed by atoms with Crippen molar-refractivity contribution >= 4 is 11.8 Å². The van der Waals surface area contributed by atoms with Crippen LogP contribution in [0.15, 0.2) is 12.4 Å². The van der Waals surface area contributed by atoms with Crippen molar-refractivity contribution in [1.82, 2.24) is 19.8 Å². The van der Waals surface area contributed by atoms with E-state index in [1.54, 1.807) is 36.3 Å². The summed E-state index contributed by atoms with van der Waals surface area (Å²) in [4.78, 5) is 35.3. The van der Waals surface area contributed by atoms with Gasteiger partial charge in [0.15, 0.2) is 0 Å². The third kappa shape index (κ3) is 3.79. The third-order valence-corrected chi connectivity index (χ3v) is 3.85. The highest BCUT2D eigenvalue weighted by Gasteiger charge is 2.30. The number of carbonyl (C=O) groups is 2. The van der Waals surface area contributed by atoms with Crippen LogP contribution in [0.3, 0.4) is 0 Å². The SMILES string of the molecule is CN(C)C(=O)CCc1cncc([C@H]2CCCN2C(=O)CO)n1. The number of nitrogens with zero attached hydrogens (tertiary/aromatic N) is 4. The second-order valence-electron chi connectivity index (χ2n) is 5.63. The average Bonchev–Trinajstić information content (AvgIpc) is 3.01. The number of aliphatic hydroxyl groups excluding tert-OH is 1. The van der Waals surface area contributed by atoms with Crippen LogP contribution < -0.4 is 0 Å². The van der Waals surface area contributed by atoms with Crippen LogP contribution in [-0.4, -0.2) is 63.9 Å². The van der Waals surface area contributed by atoms with Crippen molar-refractivity contribution in [2.24, 2.45) is 0 Å². The summed E-state index contributed by atoms with van der Waals surface area (Å²) in [7, 11) is 3.45. The number of aliphatic hydroxyl groups is 1. The van der Waals surface area contributed by atoms with Gasteiger partial charge in [0.25, 0.3) is 0 Å². The molecule has 2 rings (SSSR count). The van der Waals surface area contributed by atoms with E-state index >= 15 is 0 Å². The quantitative estimate of drug-likeness (QED) is 0.837. The first-order chi connectivity index (χ1) is 10.5. The van der Waals surface area contributed by atoms with Crippen molar-refractivity contribution in [2.45, 2.75) is 31.7 Å². The Balaban J connectivity index is 2.07. The molecule has 1 aliphatic heterocycles. The first-order valence-electron chi connectivity index (χ1n) is 7.44. The Morgan fingerprint density at radius 1 is 1.41 bits per heavy atom. The van der Waals surface area contributed by atoms with E-state index in [0.29, 0.717) is 19.4 Å². The minimum absolute atomic E-state index is 0.0464. The minimum atomic E-state index is -0.485. The van der Waals surface area contributed by atoms with E-state index in [9.17, 15) is 9.59 Å². The standard InChI is InChI=1S/C15H22N4O3/c1-18(2)14(21)6-5-11-8-16-9-12(17-11)13-4-3-7-19(13)15(22)10-20/h8-9,13,20H,3-7,10H2,1-2H3/t13-/m1/s1. The molecule has 0 radical (unpaired) electrons. The number of aryl methyl sites for hydroxylation is 1. The first-order valence-corrected chi connectivity index (χ1v) is 7.44. The largest absolute Gasteiger partial charge is 0.387 e. The van der Waals surface area contributed by atoms with Crippen LogP contribution >= 0.6 is 0 Å². The summed E-state index contributed by atoms with van der Waals surface area (Å²) in [6.45, 7) is 0.149. The second kappa shape index (κ2) is 7.31. The Hall–Kier alpha value is -2.02. The molecular weight excluding hydrogens is 284 g/mol. The molecular formula is C15H22N4O3. The van der Waals surface area contributed by atoms with Crippen LogP contribution in [0.5, 0.6) is 0 Å². The Morgan fingerprint density at radius 3 is 2.86 bits per heavy atom. The molecule has 0 spiro atoms. The Labute approximate surface area is 130 Å². The molecule has 22 heavy (non-hydrogen) atoms. The van der Waals surface area contributed by atoms with Gasteiger partial charge in [0.1, 0.15) is 6.61 Å². The van der Waals surface area contributed by atoms with Gasteiger partial charge >= 0.3 is 0 Å². The number of likely N-dealkylation sites (tertiary alicyclic amines) is 1. The van der Waals surface area contributed by atoms with Gasteiger partial charge in [-0.2, -0.15) is 0 Å². The van der Waals surface area contributed by atoms with Crippen molar-refractivity contribution < 1.29 is 14.7 Å². The molecule has 2 amide bonds. The van der Waals surface area contributed by atoms with Crippen LogP contribution in [-0.2, 0) is 16.0 Å². The molecule has 1 N–H and O–H groups in total. The van der Waals surface area contributed by atoms with Crippen LogP contribution in [0.25, 0.3) is 0 Å². The predicted molar refractivity (Wildman–Crippen MR) is 79.8 cm³/mol. The molecule has 0 bridgehead atoms. The molecule has 0 saturated carbocycles. The summed E-state index contributed by atoms with van der Waals surface area (Å²) in [6, 6.07) is -0.128. The van der Waals surface area contributed by atoms with E-state index < -0.39 is 6.61 Å². The van der Waals surface area contributed by atoms with Gasteiger partial charge in [0, 0.05) is 33.3 Å². The van der Waals surface area contributed by atoms with Gasteiger partial charge in [-0.25, -0.2) is 0 Å². The van der Waals surface area contributed by atoms with Crippen molar-refractivity contribution in [1.29, 1.82) is 0 Å². The Morgan fingerprint density at radius 2 is 2.18 bits per heavy atom. The van der Waals surface area contributed by atoms with Crippen LogP contribution in [0.4, 0.5) is 0 Å². The summed E-state index contributed by atoms with van der Waals surface area (Å²) in [6.07, 6.45) is 5.93. The molecule has 2 heterocycles. The average molecular weight is 306 g/mol. The zero-order chi connectivity index (χ0) is 16.1. The molecule has 0 unspecified atom stereocenters. The zero-order valence-electron chi connectivity index (χ0n) is 13.0. The van der Waals surface area contributed by atoms with Crippen LogP contribution in [0, 0.1) is 0 Å². The van der Waals surface area contributed by atoms with Crippen molar-refractivity contribution in [3.8, 4) is 0 Å². The molecule has 0 aliphatic carbocycles. The molecule has 1 atom stereocenters. The highest BCUT2D eigenvalue weighted by molar-refractivity contribution is 5.78. The molecule has 0 aromatic carbocycles. The van der Waals surface area contributed by atoms with E-state index in [1.807, 2.05) is 0 Å². The molecule has 1 saturated heterocycles. The van der Waals surface area contributed by atoms with Gasteiger partial charge in [0.2, 0.25) is 11.8 Å². The lowest BCUT2D eigenvalue weighted by molar-refractivity contribution is -0.135. The smallest absolute Gasteiger partial charge is 0.248 e. The highest BCUT2D eigenvalue weighted by Crippen LogP contribution is 2.30. The van der Waals surface area contributed by atoms with E-state index in [4.69, 9.17) is 5.11 Å². The van der Waals surface area contributed by atoms with E-state index in [1.165, 1.54) is 0 Å². The predicted octanol–water partition coefficient (Wildman–Crippen LogP) is 0.153. The van der Waals surface area contributed by atoms with Gasteiger partial charge in [-0.1, -0.05) is 0 Å². The van der Waals surface area contributed by atoms with Gasteiger partial charge in [0.05, 0.1) is 23.6 Å². The Bertz CT molecular complexity index is 547. The van der Waals surface area contributed by atoms with Gasteiger partial charge in [-0.05, 0) is 19.3 Å². The maximum absolute atomic E-state index is 11.8. The summed E-state index contributed by atoms with van der Waals surface area (Å²) in [5.41, 5.74) is 1.48. The monoisotopic (exact) mass is 306 g/mol. The van der Waals surface area contributed by atoms with Crippen LogP contribution in [0.1, 0.15) is 36.7 Å². The van der Waals surface area contributed by atoms with Crippen LogP contribution in [0.2, 0.25) is 0 Å². The first kappa shape index (κ1) is 16.4. The fraction of sp³-hybridized carbons (Fsp3) is 0.600. The lowest BCUT2D eigenvalue weighted by atomic mass is 10.1. The lowest BCUT2D eigenvalue weighted by Crippen LogP contribution is -2.33. The number of hydrogen-bond donors (Lipinski definition) is 1. The van der Waals surface area contributed by atoms with Gasteiger partial charge in [-0.3, -0.25) is 19.6 Å². The number of hydrogen-bond acceptors (Lipinski definition) is 5. The fourth-order valence-electron chi connectivity index (χ4n) is 2.63. The molecule has 120 valence electrons. The third-order valence-electron chi connectivity index (χ3n) is 3.85. The topological polar surface area (TPSA) is 86.6 Å². The molecule has 1 aliphatic rings. The summed E-state index contributed by atoms with van der Waals surface area (Å²) in [5, 5.41) is 9.04. The summed E-state index contributed by atoms with van der Waals surface area (Å²) >= 11 is 0. The molecule has 7 nitrogen and oxygen atoms in total. The van der Waals surface area contributed by atoms with Gasteiger partial charge < -0.3 is 14.9 Å². The number of carbonyl (C=O) groups excluding carboxylic acids is 2. The van der Waals surface area contributed by atoms with Crippen molar-refractivity contribution in [3.05, 3.63) is 23.8 Å².